The highest BCUT2D eigenvalue weighted by molar-refractivity contribution is 7.79. The van der Waals surface area contributed by atoms with Crippen LogP contribution in [0.2, 0.25) is 0 Å². The SMILES string of the molecule is CC1(C)C/C(=N/O)c2ssc(=S)c2C1. The summed E-state index contributed by atoms with van der Waals surface area (Å²) in [4.78, 5) is 1.10. The molecule has 1 heterocycles. The van der Waals surface area contributed by atoms with Crippen molar-refractivity contribution < 1.29 is 5.21 Å². The van der Waals surface area contributed by atoms with E-state index in [1.165, 1.54) is 5.56 Å². The van der Waals surface area contributed by atoms with Gasteiger partial charge < -0.3 is 5.21 Å². The molecule has 0 aliphatic heterocycles. The minimum absolute atomic E-state index is 0.163. The van der Waals surface area contributed by atoms with Gasteiger partial charge in [-0.3, -0.25) is 0 Å². The lowest BCUT2D eigenvalue weighted by Crippen LogP contribution is -2.26. The van der Waals surface area contributed by atoms with Crippen molar-refractivity contribution in [2.75, 3.05) is 0 Å². The van der Waals surface area contributed by atoms with Gasteiger partial charge in [0.1, 0.15) is 3.82 Å². The lowest BCUT2D eigenvalue weighted by Gasteiger charge is -2.29. The molecule has 2 rings (SSSR count). The van der Waals surface area contributed by atoms with E-state index in [-0.39, 0.29) is 5.41 Å². The Bertz CT molecular complexity index is 441. The van der Waals surface area contributed by atoms with Crippen LogP contribution in [-0.2, 0) is 6.42 Å². The molecule has 76 valence electrons. The average Bonchev–Trinajstić information content (AvgIpc) is 2.45. The summed E-state index contributed by atoms with van der Waals surface area (Å²) in [5.41, 5.74) is 2.17. The molecule has 0 spiro atoms. The first-order valence-electron chi connectivity index (χ1n) is 4.37. The summed E-state index contributed by atoms with van der Waals surface area (Å²) < 4.78 is 0.957. The van der Waals surface area contributed by atoms with Crippen molar-refractivity contribution in [3.05, 3.63) is 14.3 Å². The van der Waals surface area contributed by atoms with Gasteiger partial charge in [-0.25, -0.2) is 0 Å². The highest BCUT2D eigenvalue weighted by Crippen LogP contribution is 2.40. The van der Waals surface area contributed by atoms with Gasteiger partial charge in [0, 0.05) is 5.56 Å². The fourth-order valence-electron chi connectivity index (χ4n) is 1.80. The summed E-state index contributed by atoms with van der Waals surface area (Å²) >= 11 is 5.27. The van der Waals surface area contributed by atoms with Gasteiger partial charge in [-0.05, 0) is 18.3 Å². The summed E-state index contributed by atoms with van der Waals surface area (Å²) in [6.45, 7) is 4.36. The van der Waals surface area contributed by atoms with Crippen LogP contribution in [0.15, 0.2) is 5.16 Å². The van der Waals surface area contributed by atoms with Gasteiger partial charge in [-0.1, -0.05) is 51.9 Å². The average molecular weight is 245 g/mol. The smallest absolute Gasteiger partial charge is 0.105 e. The van der Waals surface area contributed by atoms with Crippen LogP contribution >= 0.6 is 32.9 Å². The Morgan fingerprint density at radius 2 is 2.07 bits per heavy atom. The molecule has 1 aromatic rings. The minimum Gasteiger partial charge on any atom is -0.411 e. The molecule has 0 saturated heterocycles. The molecule has 1 aliphatic carbocycles. The topological polar surface area (TPSA) is 32.6 Å². The van der Waals surface area contributed by atoms with Crippen molar-refractivity contribution in [2.24, 2.45) is 10.6 Å². The number of nitrogens with zero attached hydrogens (tertiary/aromatic N) is 1. The van der Waals surface area contributed by atoms with E-state index in [0.29, 0.717) is 0 Å². The zero-order chi connectivity index (χ0) is 10.3. The van der Waals surface area contributed by atoms with Gasteiger partial charge in [0.25, 0.3) is 0 Å². The molecule has 0 radical (unpaired) electrons. The Morgan fingerprint density at radius 1 is 1.36 bits per heavy atom. The quantitative estimate of drug-likeness (QED) is 0.327. The van der Waals surface area contributed by atoms with Gasteiger partial charge in [0.05, 0.1) is 10.6 Å². The molecule has 0 aromatic carbocycles. The van der Waals surface area contributed by atoms with Crippen molar-refractivity contribution in [3.63, 3.8) is 0 Å². The maximum Gasteiger partial charge on any atom is 0.105 e. The summed E-state index contributed by atoms with van der Waals surface area (Å²) in [7, 11) is 3.24. The maximum atomic E-state index is 8.94. The highest BCUT2D eigenvalue weighted by atomic mass is 32.9. The molecule has 5 heteroatoms. The van der Waals surface area contributed by atoms with Crippen LogP contribution in [0, 0.1) is 9.24 Å². The van der Waals surface area contributed by atoms with E-state index in [0.717, 1.165) is 27.3 Å². The Labute approximate surface area is 95.3 Å². The van der Waals surface area contributed by atoms with Gasteiger partial charge in [0.15, 0.2) is 0 Å². The summed E-state index contributed by atoms with van der Waals surface area (Å²) in [5.74, 6) is 0. The van der Waals surface area contributed by atoms with Crippen molar-refractivity contribution in [2.45, 2.75) is 26.7 Å². The Balaban J connectivity index is 2.60. The van der Waals surface area contributed by atoms with E-state index in [1.807, 2.05) is 0 Å². The van der Waals surface area contributed by atoms with Crippen LogP contribution < -0.4 is 0 Å². The summed E-state index contributed by atoms with van der Waals surface area (Å²) in [6.07, 6.45) is 1.83. The molecule has 0 bridgehead atoms. The van der Waals surface area contributed by atoms with E-state index < -0.39 is 0 Å². The van der Waals surface area contributed by atoms with Crippen molar-refractivity contribution in [1.29, 1.82) is 0 Å². The van der Waals surface area contributed by atoms with Crippen LogP contribution in [0.4, 0.5) is 0 Å². The van der Waals surface area contributed by atoms with Gasteiger partial charge in [-0.2, -0.15) is 0 Å². The molecule has 1 aliphatic rings. The lowest BCUT2D eigenvalue weighted by molar-refractivity contribution is 0.307. The zero-order valence-corrected chi connectivity index (χ0v) is 10.5. The molecule has 0 saturated carbocycles. The van der Waals surface area contributed by atoms with Crippen molar-refractivity contribution in [1.82, 2.24) is 0 Å². The standard InChI is InChI=1S/C9H11NOS3/c1-9(2)3-5-7(6(4-9)10-11)13-14-8(5)12/h11H,3-4H2,1-2H3/b10-6-. The lowest BCUT2D eigenvalue weighted by atomic mass is 9.76. The van der Waals surface area contributed by atoms with E-state index >= 15 is 0 Å². The van der Waals surface area contributed by atoms with Gasteiger partial charge in [0.2, 0.25) is 0 Å². The Morgan fingerprint density at radius 3 is 2.71 bits per heavy atom. The van der Waals surface area contributed by atoms with E-state index in [1.54, 1.807) is 20.7 Å². The first-order valence-corrected chi connectivity index (χ1v) is 6.92. The molecule has 2 nitrogen and oxygen atoms in total. The van der Waals surface area contributed by atoms with E-state index in [4.69, 9.17) is 17.4 Å². The molecule has 0 fully saturated rings. The maximum absolute atomic E-state index is 8.94. The summed E-state index contributed by atoms with van der Waals surface area (Å²) in [5, 5.41) is 12.3. The second-order valence-electron chi connectivity index (χ2n) is 4.33. The second kappa shape index (κ2) is 3.40. The third-order valence-corrected chi connectivity index (χ3v) is 5.60. The van der Waals surface area contributed by atoms with Gasteiger partial charge >= 0.3 is 0 Å². The fraction of sp³-hybridized carbons (Fsp3) is 0.556. The van der Waals surface area contributed by atoms with Crippen molar-refractivity contribution in [3.8, 4) is 0 Å². The van der Waals surface area contributed by atoms with Crippen LogP contribution in [0.1, 0.15) is 30.7 Å². The third kappa shape index (κ3) is 1.64. The van der Waals surface area contributed by atoms with Crippen LogP contribution in [0.5, 0.6) is 0 Å². The highest BCUT2D eigenvalue weighted by Gasteiger charge is 2.32. The molecular formula is C9H11NOS3. The van der Waals surface area contributed by atoms with Gasteiger partial charge in [-0.15, -0.1) is 0 Å². The third-order valence-electron chi connectivity index (χ3n) is 2.41. The van der Waals surface area contributed by atoms with Crippen molar-refractivity contribution >= 4 is 38.6 Å². The summed E-state index contributed by atoms with van der Waals surface area (Å²) in [6, 6.07) is 0. The normalized spacial score (nSPS) is 22.3. The largest absolute Gasteiger partial charge is 0.411 e. The van der Waals surface area contributed by atoms with E-state index in [2.05, 4.69) is 19.0 Å². The molecular weight excluding hydrogens is 234 g/mol. The predicted octanol–water partition coefficient (Wildman–Crippen LogP) is 3.69. The molecule has 1 aromatic heterocycles. The molecule has 1 N–H and O–H groups in total. The predicted molar refractivity (Wildman–Crippen MR) is 63.5 cm³/mol. The molecule has 14 heavy (non-hydrogen) atoms. The number of oxime groups is 1. The Hall–Kier alpha value is -0.260. The van der Waals surface area contributed by atoms with Crippen LogP contribution in [-0.4, -0.2) is 10.9 Å². The number of hydrogen-bond donors (Lipinski definition) is 1. The van der Waals surface area contributed by atoms with E-state index in [9.17, 15) is 0 Å². The van der Waals surface area contributed by atoms with Crippen LogP contribution in [0.3, 0.4) is 0 Å². The molecule has 0 atom stereocenters. The fourth-order valence-corrected chi connectivity index (χ4v) is 4.70. The minimum atomic E-state index is 0.163. The number of fused-ring (bicyclic) bond motifs is 1. The molecule has 0 amide bonds. The van der Waals surface area contributed by atoms with Crippen LogP contribution in [0.25, 0.3) is 0 Å². The zero-order valence-electron chi connectivity index (χ0n) is 8.03. The number of hydrogen-bond acceptors (Lipinski definition) is 5. The Kier molecular flexibility index (Phi) is 2.49. The first-order chi connectivity index (χ1) is 6.53. The number of rotatable bonds is 0. The molecule has 0 unspecified atom stereocenters. The first kappa shape index (κ1) is 10.3. The second-order valence-corrected chi connectivity index (χ2v) is 7.14. The monoisotopic (exact) mass is 245 g/mol.